The number of para-hydroxylation sites is 1. The molecule has 2 N–H and O–H groups in total. The summed E-state index contributed by atoms with van der Waals surface area (Å²) in [5.41, 5.74) is 15.1. The average Bonchev–Trinajstić information content (AvgIpc) is 3.60. The minimum absolute atomic E-state index is 0.358. The molecular weight excluding hydrogens is 440 g/mol. The van der Waals surface area contributed by atoms with E-state index >= 15 is 0 Å². The van der Waals surface area contributed by atoms with E-state index in [0.29, 0.717) is 17.1 Å². The third-order valence-corrected chi connectivity index (χ3v) is 13.3. The standard InChI is InChI=1S/C32H28N2Si/c1-35(2,27-17-9-15-22-25-18-19-10-3-4-11-20(19)29(25)34-30(22)27)32-23-13-6-5-12-21(23)28-24-14-7-8-16-26(24)33-31(28)32/h3-9,11-18,27,30,32-34H,10H2,1-2H3. The molecule has 0 amide bonds. The van der Waals surface area contributed by atoms with Gasteiger partial charge in [-0.15, -0.1) is 0 Å². The second-order valence-electron chi connectivity index (χ2n) is 11.1. The molecule has 0 radical (unpaired) electrons. The molecule has 5 aliphatic rings. The highest BCUT2D eigenvalue weighted by Crippen LogP contribution is 2.56. The van der Waals surface area contributed by atoms with Crippen molar-refractivity contribution in [3.05, 3.63) is 130 Å². The van der Waals surface area contributed by atoms with Gasteiger partial charge < -0.3 is 10.3 Å². The monoisotopic (exact) mass is 468 g/mol. The van der Waals surface area contributed by atoms with Gasteiger partial charge in [0.25, 0.3) is 0 Å². The molecule has 1 aromatic heterocycles. The van der Waals surface area contributed by atoms with E-state index < -0.39 is 8.07 Å². The Morgan fingerprint density at radius 2 is 1.80 bits per heavy atom. The molecule has 2 heterocycles. The van der Waals surface area contributed by atoms with Crippen molar-refractivity contribution in [2.45, 2.75) is 36.6 Å². The molecule has 3 unspecified atom stereocenters. The minimum Gasteiger partial charge on any atom is -0.377 e. The van der Waals surface area contributed by atoms with Crippen molar-refractivity contribution in [3.8, 4) is 11.1 Å². The van der Waals surface area contributed by atoms with Crippen LogP contribution in [0.1, 0.15) is 23.2 Å². The third kappa shape index (κ3) is 2.49. The summed E-state index contributed by atoms with van der Waals surface area (Å²) in [7, 11) is -1.91. The van der Waals surface area contributed by atoms with Crippen molar-refractivity contribution in [2.75, 3.05) is 0 Å². The number of H-pyrrole nitrogens is 1. The number of aromatic amines is 1. The smallest absolute Gasteiger partial charge is 0.0721 e. The summed E-state index contributed by atoms with van der Waals surface area (Å²) in [6.07, 6.45) is 17.5. The molecule has 8 rings (SSSR count). The summed E-state index contributed by atoms with van der Waals surface area (Å²) in [4.78, 5) is 3.89. The molecule has 3 atom stereocenters. The topological polar surface area (TPSA) is 27.8 Å². The number of hydrogen-bond acceptors (Lipinski definition) is 1. The number of benzene rings is 2. The molecule has 2 nitrogen and oxygen atoms in total. The van der Waals surface area contributed by atoms with E-state index in [9.17, 15) is 0 Å². The van der Waals surface area contributed by atoms with E-state index in [1.807, 2.05) is 0 Å². The summed E-state index contributed by atoms with van der Waals surface area (Å²) < 4.78 is 0. The Hall–Kier alpha value is -3.56. The Labute approximate surface area is 207 Å². The SMILES string of the molecule is C[Si](C)(C1c2ccccc2-c2c1[nH]c1ccccc21)C1C=CC=C2C3=C(NC21)C1=CC=CCC1=C3. The zero-order valence-corrected chi connectivity index (χ0v) is 21.1. The normalized spacial score (nSPS) is 25.4. The maximum absolute atomic E-state index is 4.04. The van der Waals surface area contributed by atoms with Crippen molar-refractivity contribution in [3.63, 3.8) is 0 Å². The Bertz CT molecular complexity index is 1630. The van der Waals surface area contributed by atoms with Crippen LogP contribution in [0.15, 0.2) is 119 Å². The van der Waals surface area contributed by atoms with Crippen LogP contribution in [0, 0.1) is 0 Å². The summed E-state index contributed by atoms with van der Waals surface area (Å²) in [5, 5.41) is 5.40. The zero-order chi connectivity index (χ0) is 23.3. The lowest BCUT2D eigenvalue weighted by Crippen LogP contribution is -2.48. The maximum atomic E-state index is 4.04. The van der Waals surface area contributed by atoms with Crippen molar-refractivity contribution >= 4 is 19.0 Å². The number of aromatic nitrogens is 1. The van der Waals surface area contributed by atoms with Gasteiger partial charge in [0.1, 0.15) is 0 Å². The Balaban J connectivity index is 1.25. The van der Waals surface area contributed by atoms with Crippen LogP contribution in [0.2, 0.25) is 18.6 Å². The fraction of sp³-hybridized carbons (Fsp3) is 0.188. The van der Waals surface area contributed by atoms with Crippen molar-refractivity contribution < 1.29 is 0 Å². The lowest BCUT2D eigenvalue weighted by molar-refractivity contribution is 0.664. The average molecular weight is 469 g/mol. The van der Waals surface area contributed by atoms with E-state index in [2.05, 4.69) is 114 Å². The van der Waals surface area contributed by atoms with Gasteiger partial charge in [0.15, 0.2) is 0 Å². The second-order valence-corrected chi connectivity index (χ2v) is 16.0. The van der Waals surface area contributed by atoms with Gasteiger partial charge in [0.05, 0.1) is 14.1 Å². The molecule has 170 valence electrons. The molecule has 0 spiro atoms. The van der Waals surface area contributed by atoms with E-state index in [0.717, 1.165) is 6.42 Å². The first kappa shape index (κ1) is 19.7. The quantitative estimate of drug-likeness (QED) is 0.376. The molecule has 35 heavy (non-hydrogen) atoms. The molecule has 4 aliphatic carbocycles. The largest absolute Gasteiger partial charge is 0.377 e. The van der Waals surface area contributed by atoms with Crippen LogP contribution in [-0.2, 0) is 0 Å². The van der Waals surface area contributed by atoms with Crippen LogP contribution in [-0.4, -0.2) is 19.1 Å². The first-order valence-corrected chi connectivity index (χ1v) is 16.0. The molecule has 2 aromatic carbocycles. The van der Waals surface area contributed by atoms with Crippen molar-refractivity contribution in [1.29, 1.82) is 0 Å². The first-order valence-electron chi connectivity index (χ1n) is 12.8. The minimum atomic E-state index is -1.91. The number of rotatable bonds is 2. The molecule has 0 fully saturated rings. The highest BCUT2D eigenvalue weighted by Gasteiger charge is 2.51. The maximum Gasteiger partial charge on any atom is 0.0721 e. The van der Waals surface area contributed by atoms with Gasteiger partial charge in [-0.1, -0.05) is 92.0 Å². The summed E-state index contributed by atoms with van der Waals surface area (Å²) in [5.74, 6) is 0. The van der Waals surface area contributed by atoms with Crippen LogP contribution in [0.25, 0.3) is 22.0 Å². The Morgan fingerprint density at radius 1 is 0.943 bits per heavy atom. The lowest BCUT2D eigenvalue weighted by Gasteiger charge is -2.42. The van der Waals surface area contributed by atoms with Gasteiger partial charge in [-0.2, -0.15) is 0 Å². The van der Waals surface area contributed by atoms with Gasteiger partial charge in [0.2, 0.25) is 0 Å². The highest BCUT2D eigenvalue weighted by atomic mass is 28.3. The summed E-state index contributed by atoms with van der Waals surface area (Å²) in [6, 6.07) is 18.3. The molecular formula is C32H28N2Si. The van der Waals surface area contributed by atoms with Crippen LogP contribution in [0.3, 0.4) is 0 Å². The van der Waals surface area contributed by atoms with Gasteiger partial charge >= 0.3 is 0 Å². The van der Waals surface area contributed by atoms with Crippen LogP contribution >= 0.6 is 0 Å². The molecule has 3 heteroatoms. The Morgan fingerprint density at radius 3 is 2.74 bits per heavy atom. The zero-order valence-electron chi connectivity index (χ0n) is 20.1. The number of hydrogen-bond donors (Lipinski definition) is 2. The fourth-order valence-electron chi connectivity index (χ4n) is 7.44. The van der Waals surface area contributed by atoms with Crippen LogP contribution in [0.4, 0.5) is 0 Å². The van der Waals surface area contributed by atoms with Gasteiger partial charge in [-0.25, -0.2) is 0 Å². The predicted molar refractivity (Wildman–Crippen MR) is 148 cm³/mol. The number of nitrogens with one attached hydrogen (secondary N) is 2. The van der Waals surface area contributed by atoms with Crippen LogP contribution in [0.5, 0.6) is 0 Å². The van der Waals surface area contributed by atoms with E-state index in [1.54, 1.807) is 0 Å². The predicted octanol–water partition coefficient (Wildman–Crippen LogP) is 7.45. The molecule has 0 bridgehead atoms. The third-order valence-electron chi connectivity index (χ3n) is 9.01. The number of fused-ring (bicyclic) bond motifs is 9. The summed E-state index contributed by atoms with van der Waals surface area (Å²) in [6.45, 7) is 5.23. The molecule has 1 aliphatic heterocycles. The lowest BCUT2D eigenvalue weighted by atomic mass is 9.94. The van der Waals surface area contributed by atoms with Crippen molar-refractivity contribution in [1.82, 2.24) is 10.3 Å². The van der Waals surface area contributed by atoms with Gasteiger partial charge in [-0.05, 0) is 46.4 Å². The molecule has 0 saturated heterocycles. The van der Waals surface area contributed by atoms with Gasteiger partial charge in [-0.3, -0.25) is 0 Å². The highest BCUT2D eigenvalue weighted by molar-refractivity contribution is 6.81. The second kappa shape index (κ2) is 6.77. The number of allylic oxidation sites excluding steroid dienone is 7. The Kier molecular flexibility index (Phi) is 3.81. The van der Waals surface area contributed by atoms with Crippen molar-refractivity contribution in [2.24, 2.45) is 0 Å². The van der Waals surface area contributed by atoms with E-state index in [4.69, 9.17) is 0 Å². The van der Waals surface area contributed by atoms with E-state index in [1.165, 1.54) is 61.3 Å². The van der Waals surface area contributed by atoms with E-state index in [-0.39, 0.29) is 0 Å². The molecule has 0 saturated carbocycles. The summed E-state index contributed by atoms with van der Waals surface area (Å²) >= 11 is 0. The molecule has 3 aromatic rings. The van der Waals surface area contributed by atoms with Crippen LogP contribution < -0.4 is 5.32 Å². The fourth-order valence-corrected chi connectivity index (χ4v) is 11.6. The van der Waals surface area contributed by atoms with Gasteiger partial charge in [0, 0.05) is 44.5 Å². The first-order chi connectivity index (χ1) is 17.1.